The number of nitrogens with two attached hydrogens (primary N) is 1. The van der Waals surface area contributed by atoms with E-state index in [-0.39, 0.29) is 5.41 Å². The fraction of sp³-hybridized carbons (Fsp3) is 0.412. The van der Waals surface area contributed by atoms with Gasteiger partial charge in [-0.05, 0) is 16.9 Å². The van der Waals surface area contributed by atoms with Crippen LogP contribution in [0, 0.1) is 0 Å². The molecule has 0 aliphatic rings. The lowest BCUT2D eigenvalue weighted by molar-refractivity contribution is 0.590. The van der Waals surface area contributed by atoms with Gasteiger partial charge in [-0.25, -0.2) is 9.97 Å². The number of nitrogen functional groups attached to an aromatic ring is 1. The maximum atomic E-state index is 6.01. The van der Waals surface area contributed by atoms with Crippen LogP contribution in [0.15, 0.2) is 30.6 Å². The molecule has 106 valence electrons. The Morgan fingerprint density at radius 1 is 1.00 bits per heavy atom. The van der Waals surface area contributed by atoms with Crippen molar-refractivity contribution in [1.82, 2.24) is 9.97 Å². The monoisotopic (exact) mass is 269 g/mol. The molecule has 2 rings (SSSR count). The number of anilines is 1. The highest BCUT2D eigenvalue weighted by Crippen LogP contribution is 2.31. The Labute approximate surface area is 121 Å². The van der Waals surface area contributed by atoms with Gasteiger partial charge in [-0.3, -0.25) is 0 Å². The minimum atomic E-state index is 0.157. The molecule has 2 aromatic rings. The van der Waals surface area contributed by atoms with Crippen molar-refractivity contribution in [3.8, 4) is 11.3 Å². The van der Waals surface area contributed by atoms with Crippen LogP contribution in [-0.2, 0) is 5.41 Å². The van der Waals surface area contributed by atoms with Gasteiger partial charge in [-0.2, -0.15) is 0 Å². The van der Waals surface area contributed by atoms with E-state index >= 15 is 0 Å². The maximum absolute atomic E-state index is 6.01. The first-order chi connectivity index (χ1) is 9.30. The van der Waals surface area contributed by atoms with E-state index in [1.54, 1.807) is 0 Å². The lowest BCUT2D eigenvalue weighted by Gasteiger charge is -2.20. The zero-order chi connectivity index (χ0) is 14.9. The molecule has 0 amide bonds. The summed E-state index contributed by atoms with van der Waals surface area (Å²) in [5.41, 5.74) is 10.5. The topological polar surface area (TPSA) is 51.8 Å². The van der Waals surface area contributed by atoms with Crippen molar-refractivity contribution >= 4 is 5.82 Å². The second-order valence-corrected chi connectivity index (χ2v) is 6.50. The van der Waals surface area contributed by atoms with Gasteiger partial charge in [0, 0.05) is 11.1 Å². The molecule has 20 heavy (non-hydrogen) atoms. The van der Waals surface area contributed by atoms with Crippen LogP contribution in [0.5, 0.6) is 0 Å². The summed E-state index contributed by atoms with van der Waals surface area (Å²) in [6.45, 7) is 10.9. The van der Waals surface area contributed by atoms with Gasteiger partial charge in [0.15, 0.2) is 0 Å². The molecule has 0 saturated heterocycles. The van der Waals surface area contributed by atoms with Gasteiger partial charge in [0.1, 0.15) is 12.1 Å². The number of benzene rings is 1. The van der Waals surface area contributed by atoms with Crippen molar-refractivity contribution < 1.29 is 0 Å². The van der Waals surface area contributed by atoms with Crippen LogP contribution in [-0.4, -0.2) is 9.97 Å². The van der Waals surface area contributed by atoms with Gasteiger partial charge < -0.3 is 5.73 Å². The third kappa shape index (κ3) is 2.82. The summed E-state index contributed by atoms with van der Waals surface area (Å²) in [6, 6.07) is 8.57. The Kier molecular flexibility index (Phi) is 3.80. The van der Waals surface area contributed by atoms with Crippen molar-refractivity contribution in [2.45, 2.75) is 46.0 Å². The molecule has 1 heterocycles. The summed E-state index contributed by atoms with van der Waals surface area (Å²) in [5, 5.41) is 0. The molecule has 0 fully saturated rings. The first kappa shape index (κ1) is 14.5. The number of hydrogen-bond donors (Lipinski definition) is 1. The van der Waals surface area contributed by atoms with E-state index in [4.69, 9.17) is 5.73 Å². The van der Waals surface area contributed by atoms with Gasteiger partial charge >= 0.3 is 0 Å². The van der Waals surface area contributed by atoms with Crippen LogP contribution in [0.2, 0.25) is 0 Å². The number of hydrogen-bond acceptors (Lipinski definition) is 3. The van der Waals surface area contributed by atoms with Gasteiger partial charge in [-0.15, -0.1) is 0 Å². The number of rotatable bonds is 2. The van der Waals surface area contributed by atoms with Gasteiger partial charge in [0.05, 0.1) is 5.69 Å². The molecule has 3 heteroatoms. The molecular weight excluding hydrogens is 246 g/mol. The summed E-state index contributed by atoms with van der Waals surface area (Å²) >= 11 is 0. The van der Waals surface area contributed by atoms with Crippen molar-refractivity contribution in [3.05, 3.63) is 41.7 Å². The van der Waals surface area contributed by atoms with Crippen LogP contribution >= 0.6 is 0 Å². The second-order valence-electron chi connectivity index (χ2n) is 6.50. The quantitative estimate of drug-likeness (QED) is 0.891. The molecule has 0 bridgehead atoms. The van der Waals surface area contributed by atoms with Gasteiger partial charge in [-0.1, -0.05) is 58.9 Å². The van der Waals surface area contributed by atoms with Crippen molar-refractivity contribution in [1.29, 1.82) is 0 Å². The highest BCUT2D eigenvalue weighted by atomic mass is 14.9. The molecule has 0 atom stereocenters. The van der Waals surface area contributed by atoms with Crippen molar-refractivity contribution in [2.24, 2.45) is 0 Å². The molecule has 3 nitrogen and oxygen atoms in total. The van der Waals surface area contributed by atoms with Crippen LogP contribution < -0.4 is 5.73 Å². The third-order valence-electron chi connectivity index (χ3n) is 3.52. The van der Waals surface area contributed by atoms with Crippen LogP contribution in [0.4, 0.5) is 5.82 Å². The predicted molar refractivity (Wildman–Crippen MR) is 84.7 cm³/mol. The summed E-state index contributed by atoms with van der Waals surface area (Å²) in [7, 11) is 0. The molecule has 1 aromatic heterocycles. The molecular formula is C17H23N3. The first-order valence-corrected chi connectivity index (χ1v) is 7.02. The summed E-state index contributed by atoms with van der Waals surface area (Å²) in [5.74, 6) is 0.874. The zero-order valence-electron chi connectivity index (χ0n) is 12.9. The van der Waals surface area contributed by atoms with Gasteiger partial charge in [0.25, 0.3) is 0 Å². The Morgan fingerprint density at radius 2 is 1.60 bits per heavy atom. The largest absolute Gasteiger partial charge is 0.383 e. The smallest absolute Gasteiger partial charge is 0.130 e. The predicted octanol–water partition coefficient (Wildman–Crippen LogP) is 4.15. The lowest BCUT2D eigenvalue weighted by atomic mass is 9.86. The lowest BCUT2D eigenvalue weighted by Crippen LogP contribution is -2.10. The van der Waals surface area contributed by atoms with E-state index in [0.717, 1.165) is 16.8 Å². The van der Waals surface area contributed by atoms with E-state index in [9.17, 15) is 0 Å². The van der Waals surface area contributed by atoms with E-state index < -0.39 is 0 Å². The average Bonchev–Trinajstić information content (AvgIpc) is 2.37. The van der Waals surface area contributed by atoms with E-state index in [2.05, 4.69) is 68.9 Å². The normalized spacial score (nSPS) is 11.9. The Balaban J connectivity index is 2.50. The molecule has 0 saturated carbocycles. The number of aromatic nitrogens is 2. The molecule has 0 unspecified atom stereocenters. The number of nitrogens with zero attached hydrogens (tertiary/aromatic N) is 2. The molecule has 0 aliphatic carbocycles. The minimum Gasteiger partial charge on any atom is -0.383 e. The molecule has 0 aliphatic heterocycles. The summed E-state index contributed by atoms with van der Waals surface area (Å²) in [6.07, 6.45) is 1.54. The summed E-state index contributed by atoms with van der Waals surface area (Å²) < 4.78 is 0. The Hall–Kier alpha value is -1.90. The Morgan fingerprint density at radius 3 is 2.10 bits per heavy atom. The fourth-order valence-corrected chi connectivity index (χ4v) is 2.34. The first-order valence-electron chi connectivity index (χ1n) is 7.02. The van der Waals surface area contributed by atoms with Crippen molar-refractivity contribution in [3.63, 3.8) is 0 Å². The molecule has 0 spiro atoms. The molecule has 2 N–H and O–H groups in total. The van der Waals surface area contributed by atoms with E-state index in [1.807, 2.05) is 0 Å². The fourth-order valence-electron chi connectivity index (χ4n) is 2.34. The van der Waals surface area contributed by atoms with Crippen LogP contribution in [0.3, 0.4) is 0 Å². The van der Waals surface area contributed by atoms with E-state index in [0.29, 0.717) is 11.7 Å². The molecule has 0 radical (unpaired) electrons. The van der Waals surface area contributed by atoms with Crippen molar-refractivity contribution in [2.75, 3.05) is 5.73 Å². The second kappa shape index (κ2) is 5.23. The highest BCUT2D eigenvalue weighted by Gasteiger charge is 2.16. The SMILES string of the molecule is CC(C)c1c(N)ncnc1-c1ccc(C(C)(C)C)cc1. The van der Waals surface area contributed by atoms with Crippen LogP contribution in [0.1, 0.15) is 51.7 Å². The zero-order valence-corrected chi connectivity index (χ0v) is 12.9. The van der Waals surface area contributed by atoms with Crippen LogP contribution in [0.25, 0.3) is 11.3 Å². The minimum absolute atomic E-state index is 0.157. The standard InChI is InChI=1S/C17H23N3/c1-11(2)14-15(19-10-20-16(14)18)12-6-8-13(9-7-12)17(3,4)5/h6-11H,1-5H3,(H2,18,19,20). The summed E-state index contributed by atoms with van der Waals surface area (Å²) in [4.78, 5) is 8.54. The van der Waals surface area contributed by atoms with E-state index in [1.165, 1.54) is 11.9 Å². The third-order valence-corrected chi connectivity index (χ3v) is 3.52. The Bertz CT molecular complexity index is 593. The highest BCUT2D eigenvalue weighted by molar-refractivity contribution is 5.68. The van der Waals surface area contributed by atoms with Gasteiger partial charge in [0.2, 0.25) is 0 Å². The average molecular weight is 269 g/mol. The maximum Gasteiger partial charge on any atom is 0.130 e. The molecule has 1 aromatic carbocycles.